The molecular formula is C16H18FNO2. The Balaban J connectivity index is 2.67. The largest absolute Gasteiger partial charge is 0.364 e. The zero-order valence-electron chi connectivity index (χ0n) is 11.8. The molecule has 1 aromatic heterocycles. The predicted octanol–water partition coefficient (Wildman–Crippen LogP) is 3.30. The number of halogens is 1. The first-order valence-electron chi connectivity index (χ1n) is 6.53. The number of pyridine rings is 1. The molecule has 1 heterocycles. The van der Waals surface area contributed by atoms with Gasteiger partial charge in [0.2, 0.25) is 0 Å². The van der Waals surface area contributed by atoms with Crippen molar-refractivity contribution in [2.75, 3.05) is 0 Å². The second-order valence-corrected chi connectivity index (χ2v) is 5.13. The van der Waals surface area contributed by atoms with Crippen LogP contribution in [0.3, 0.4) is 0 Å². The maximum atomic E-state index is 13.0. The van der Waals surface area contributed by atoms with Gasteiger partial charge in [-0.25, -0.2) is 4.39 Å². The molecular weight excluding hydrogens is 257 g/mol. The van der Waals surface area contributed by atoms with E-state index < -0.39 is 6.29 Å². The normalized spacial score (nSPS) is 11.4. The fourth-order valence-corrected chi connectivity index (χ4v) is 2.20. The molecule has 2 rings (SSSR count). The van der Waals surface area contributed by atoms with E-state index in [0.717, 1.165) is 11.3 Å². The molecule has 0 unspecified atom stereocenters. The molecule has 20 heavy (non-hydrogen) atoms. The lowest BCUT2D eigenvalue weighted by Gasteiger charge is -2.17. The van der Waals surface area contributed by atoms with Gasteiger partial charge < -0.3 is 10.2 Å². The van der Waals surface area contributed by atoms with Crippen LogP contribution in [0.4, 0.5) is 4.39 Å². The van der Waals surface area contributed by atoms with Gasteiger partial charge in [0.25, 0.3) is 0 Å². The molecule has 4 heteroatoms. The minimum absolute atomic E-state index is 0.220. The average Bonchev–Trinajstić information content (AvgIpc) is 2.38. The number of hydrogen-bond donors (Lipinski definition) is 2. The molecule has 2 aromatic rings. The summed E-state index contributed by atoms with van der Waals surface area (Å²) in [6, 6.07) is 7.79. The maximum Gasteiger partial charge on any atom is 0.180 e. The van der Waals surface area contributed by atoms with Crippen LogP contribution < -0.4 is 0 Å². The van der Waals surface area contributed by atoms with Crippen molar-refractivity contribution in [1.29, 1.82) is 0 Å². The number of benzene rings is 1. The summed E-state index contributed by atoms with van der Waals surface area (Å²) in [5.41, 5.74) is 3.22. The summed E-state index contributed by atoms with van der Waals surface area (Å²) >= 11 is 0. The summed E-state index contributed by atoms with van der Waals surface area (Å²) in [6.45, 7) is 5.78. The number of aryl methyl sites for hydroxylation is 1. The van der Waals surface area contributed by atoms with Gasteiger partial charge in [-0.15, -0.1) is 0 Å². The van der Waals surface area contributed by atoms with Gasteiger partial charge in [0.05, 0.1) is 0 Å². The summed E-state index contributed by atoms with van der Waals surface area (Å²) in [4.78, 5) is 4.40. The molecule has 0 aliphatic rings. The standard InChI is InChI=1S/C16H18FNO2/c1-9(2)14-8-13(11-4-6-12(17)7-5-11)15(16(19)20)10(3)18-14/h4-9,16,19-20H,1-3H3. The van der Waals surface area contributed by atoms with Crippen molar-refractivity contribution in [2.24, 2.45) is 0 Å². The fourth-order valence-electron chi connectivity index (χ4n) is 2.20. The van der Waals surface area contributed by atoms with Crippen molar-refractivity contribution in [1.82, 2.24) is 4.98 Å². The SMILES string of the molecule is Cc1nc(C(C)C)cc(-c2ccc(F)cc2)c1C(O)O. The van der Waals surface area contributed by atoms with E-state index in [4.69, 9.17) is 0 Å². The van der Waals surface area contributed by atoms with E-state index in [1.807, 2.05) is 19.9 Å². The Morgan fingerprint density at radius 1 is 1.10 bits per heavy atom. The highest BCUT2D eigenvalue weighted by molar-refractivity contribution is 5.69. The first-order chi connectivity index (χ1) is 9.40. The zero-order chi connectivity index (χ0) is 14.9. The van der Waals surface area contributed by atoms with Gasteiger partial charge in [-0.1, -0.05) is 26.0 Å². The van der Waals surface area contributed by atoms with Crippen LogP contribution in [-0.4, -0.2) is 15.2 Å². The molecule has 0 bridgehead atoms. The van der Waals surface area contributed by atoms with Crippen LogP contribution in [0.25, 0.3) is 11.1 Å². The molecule has 0 amide bonds. The molecule has 0 aliphatic heterocycles. The van der Waals surface area contributed by atoms with Gasteiger partial charge in [0.1, 0.15) is 5.82 Å². The number of rotatable bonds is 3. The first kappa shape index (κ1) is 14.6. The molecule has 106 valence electrons. The van der Waals surface area contributed by atoms with Crippen molar-refractivity contribution < 1.29 is 14.6 Å². The van der Waals surface area contributed by atoms with Crippen molar-refractivity contribution >= 4 is 0 Å². The van der Waals surface area contributed by atoms with Crippen LogP contribution in [0, 0.1) is 12.7 Å². The molecule has 2 N–H and O–H groups in total. The van der Waals surface area contributed by atoms with Crippen molar-refractivity contribution in [3.05, 3.63) is 53.1 Å². The van der Waals surface area contributed by atoms with E-state index in [0.29, 0.717) is 16.8 Å². The van der Waals surface area contributed by atoms with Crippen molar-refractivity contribution in [2.45, 2.75) is 33.0 Å². The molecule has 0 saturated heterocycles. The van der Waals surface area contributed by atoms with Gasteiger partial charge in [0.15, 0.2) is 6.29 Å². The molecule has 0 atom stereocenters. The smallest absolute Gasteiger partial charge is 0.180 e. The summed E-state index contributed by atoms with van der Waals surface area (Å²) in [5, 5.41) is 19.1. The monoisotopic (exact) mass is 275 g/mol. The lowest BCUT2D eigenvalue weighted by atomic mass is 9.95. The van der Waals surface area contributed by atoms with E-state index in [2.05, 4.69) is 4.98 Å². The molecule has 0 spiro atoms. The number of hydrogen-bond acceptors (Lipinski definition) is 3. The minimum atomic E-state index is -1.61. The van der Waals surface area contributed by atoms with E-state index in [1.54, 1.807) is 19.1 Å². The second kappa shape index (κ2) is 5.69. The van der Waals surface area contributed by atoms with Crippen LogP contribution in [0.2, 0.25) is 0 Å². The summed E-state index contributed by atoms with van der Waals surface area (Å²) in [5.74, 6) is -0.104. The van der Waals surface area contributed by atoms with Crippen LogP contribution >= 0.6 is 0 Å². The van der Waals surface area contributed by atoms with Crippen LogP contribution in [0.1, 0.15) is 43.0 Å². The highest BCUT2D eigenvalue weighted by atomic mass is 19.1. The Morgan fingerprint density at radius 2 is 1.70 bits per heavy atom. The van der Waals surface area contributed by atoms with Gasteiger partial charge in [0, 0.05) is 17.0 Å². The lowest BCUT2D eigenvalue weighted by molar-refractivity contribution is -0.0427. The van der Waals surface area contributed by atoms with E-state index in [1.165, 1.54) is 12.1 Å². The molecule has 0 saturated carbocycles. The Morgan fingerprint density at radius 3 is 2.20 bits per heavy atom. The number of aromatic nitrogens is 1. The van der Waals surface area contributed by atoms with Gasteiger partial charge in [-0.2, -0.15) is 0 Å². The third-order valence-corrected chi connectivity index (χ3v) is 3.27. The molecule has 0 fully saturated rings. The Kier molecular flexibility index (Phi) is 4.16. The highest BCUT2D eigenvalue weighted by Gasteiger charge is 2.18. The topological polar surface area (TPSA) is 53.4 Å². The second-order valence-electron chi connectivity index (χ2n) is 5.13. The molecule has 0 radical (unpaired) electrons. The predicted molar refractivity (Wildman–Crippen MR) is 75.6 cm³/mol. The molecule has 1 aromatic carbocycles. The van der Waals surface area contributed by atoms with Gasteiger partial charge in [-0.05, 0) is 42.2 Å². The third-order valence-electron chi connectivity index (χ3n) is 3.27. The third kappa shape index (κ3) is 2.86. The van der Waals surface area contributed by atoms with Gasteiger partial charge in [-0.3, -0.25) is 4.98 Å². The fraction of sp³-hybridized carbons (Fsp3) is 0.312. The number of aliphatic hydroxyl groups excluding tert-OH is 1. The Bertz CT molecular complexity index is 607. The Labute approximate surface area is 117 Å². The summed E-state index contributed by atoms with van der Waals surface area (Å²) in [7, 11) is 0. The van der Waals surface area contributed by atoms with E-state index >= 15 is 0 Å². The van der Waals surface area contributed by atoms with E-state index in [-0.39, 0.29) is 11.7 Å². The van der Waals surface area contributed by atoms with Crippen LogP contribution in [-0.2, 0) is 0 Å². The number of nitrogens with zero attached hydrogens (tertiary/aromatic N) is 1. The Hall–Kier alpha value is -1.78. The summed E-state index contributed by atoms with van der Waals surface area (Å²) in [6.07, 6.45) is -1.61. The lowest BCUT2D eigenvalue weighted by Crippen LogP contribution is -2.06. The van der Waals surface area contributed by atoms with Crippen LogP contribution in [0.15, 0.2) is 30.3 Å². The van der Waals surface area contributed by atoms with Crippen molar-refractivity contribution in [3.63, 3.8) is 0 Å². The van der Waals surface area contributed by atoms with Gasteiger partial charge >= 0.3 is 0 Å². The van der Waals surface area contributed by atoms with Crippen LogP contribution in [0.5, 0.6) is 0 Å². The quantitative estimate of drug-likeness (QED) is 0.845. The highest BCUT2D eigenvalue weighted by Crippen LogP contribution is 2.31. The molecule has 3 nitrogen and oxygen atoms in total. The van der Waals surface area contributed by atoms with E-state index in [9.17, 15) is 14.6 Å². The first-order valence-corrected chi connectivity index (χ1v) is 6.53. The minimum Gasteiger partial charge on any atom is -0.364 e. The van der Waals surface area contributed by atoms with Crippen molar-refractivity contribution in [3.8, 4) is 11.1 Å². The maximum absolute atomic E-state index is 13.0. The summed E-state index contributed by atoms with van der Waals surface area (Å²) < 4.78 is 13.0. The average molecular weight is 275 g/mol. The zero-order valence-corrected chi connectivity index (χ0v) is 11.8. The number of aliphatic hydroxyl groups is 2. The molecule has 0 aliphatic carbocycles.